The summed E-state index contributed by atoms with van der Waals surface area (Å²) >= 11 is 0. The summed E-state index contributed by atoms with van der Waals surface area (Å²) in [5.41, 5.74) is 17.0. The summed E-state index contributed by atoms with van der Waals surface area (Å²) in [6.07, 6.45) is 0. The maximum Gasteiger partial charge on any atom is 0.159 e. The van der Waals surface area contributed by atoms with Gasteiger partial charge >= 0.3 is 0 Å². The van der Waals surface area contributed by atoms with Gasteiger partial charge in [0.1, 0.15) is 5.58 Å². The van der Waals surface area contributed by atoms with Crippen LogP contribution in [0, 0.1) is 6.92 Å². The molecule has 254 valence electrons. The van der Waals surface area contributed by atoms with E-state index >= 15 is 0 Å². The number of hydrogen-bond donors (Lipinski definition) is 0. The van der Waals surface area contributed by atoms with Crippen LogP contribution in [0.1, 0.15) is 55.5 Å². The number of nitrogens with zero attached hydrogens (tertiary/aromatic N) is 1. The third kappa shape index (κ3) is 4.04. The number of rotatable bonds is 3. The van der Waals surface area contributed by atoms with Crippen LogP contribution in [0.4, 0.5) is 17.1 Å². The Kier molecular flexibility index (Phi) is 6.03. The van der Waals surface area contributed by atoms with Crippen molar-refractivity contribution in [2.75, 3.05) is 4.90 Å². The molecule has 0 bridgehead atoms. The van der Waals surface area contributed by atoms with Crippen molar-refractivity contribution >= 4 is 60.5 Å². The largest absolute Gasteiger partial charge is 0.454 e. The monoisotopic (exact) mass is 681 g/mol. The standard InChI is InChI=1S/C51H39NO/c1-30-21-24-32(25-22-30)52(44-19-12-18-37-35-16-10-11-20-46(35)53-49(37)44)45-29-43-48(36-17-9-8-15-34(36)45)39-28-41-38(27-42(39)51(43,4)5)47-33-14-7-6-13-31(33)23-26-40(47)50(41,2)3/h6-29H,1-5H3. The normalized spacial score (nSPS) is 14.8. The van der Waals surface area contributed by atoms with Crippen LogP contribution < -0.4 is 4.90 Å². The lowest BCUT2D eigenvalue weighted by Crippen LogP contribution is -2.18. The first-order chi connectivity index (χ1) is 25.7. The highest BCUT2D eigenvalue weighted by molar-refractivity contribution is 6.14. The lowest BCUT2D eigenvalue weighted by Gasteiger charge is -2.30. The SMILES string of the molecule is Cc1ccc(N(c2cc3c(c4ccccc24)-c2cc4c(cc2C3(C)C)-c2c(ccc3ccccc23)C4(C)C)c2cccc3c2oc2ccccc23)cc1. The van der Waals surface area contributed by atoms with Crippen molar-refractivity contribution in [3.05, 3.63) is 173 Å². The zero-order chi connectivity index (χ0) is 35.8. The number of hydrogen-bond acceptors (Lipinski definition) is 2. The molecule has 53 heavy (non-hydrogen) atoms. The maximum atomic E-state index is 6.71. The number of fused-ring (bicyclic) bond motifs is 13. The van der Waals surface area contributed by atoms with Gasteiger partial charge in [0.15, 0.2) is 5.58 Å². The second-order valence-corrected chi connectivity index (χ2v) is 16.2. The average Bonchev–Trinajstić information content (AvgIpc) is 3.75. The molecule has 11 rings (SSSR count). The molecule has 0 saturated heterocycles. The highest BCUT2D eigenvalue weighted by Gasteiger charge is 2.43. The van der Waals surface area contributed by atoms with E-state index in [0.717, 1.165) is 39.0 Å². The van der Waals surface area contributed by atoms with Crippen LogP contribution in [0.15, 0.2) is 150 Å². The van der Waals surface area contributed by atoms with Gasteiger partial charge in [0.25, 0.3) is 0 Å². The van der Waals surface area contributed by atoms with Gasteiger partial charge in [-0.1, -0.05) is 136 Å². The molecule has 0 N–H and O–H groups in total. The Hall–Kier alpha value is -6.12. The highest BCUT2D eigenvalue weighted by atomic mass is 16.3. The maximum absolute atomic E-state index is 6.71. The van der Waals surface area contributed by atoms with Crippen molar-refractivity contribution in [1.29, 1.82) is 0 Å². The van der Waals surface area contributed by atoms with Gasteiger partial charge in [-0.25, -0.2) is 0 Å². The minimum absolute atomic E-state index is 0.111. The van der Waals surface area contributed by atoms with Crippen LogP contribution in [0.25, 0.3) is 65.7 Å². The molecule has 1 aromatic heterocycles. The van der Waals surface area contributed by atoms with Gasteiger partial charge in [-0.15, -0.1) is 0 Å². The van der Waals surface area contributed by atoms with Crippen molar-refractivity contribution in [3.63, 3.8) is 0 Å². The summed E-state index contributed by atoms with van der Waals surface area (Å²) in [6.45, 7) is 11.8. The number of anilines is 3. The van der Waals surface area contributed by atoms with Gasteiger partial charge in [-0.2, -0.15) is 0 Å². The van der Waals surface area contributed by atoms with Gasteiger partial charge < -0.3 is 9.32 Å². The molecule has 0 unspecified atom stereocenters. The third-order valence-electron chi connectivity index (χ3n) is 12.5. The number of benzene rings is 8. The molecule has 1 heterocycles. The van der Waals surface area contributed by atoms with Crippen LogP contribution in [0.3, 0.4) is 0 Å². The van der Waals surface area contributed by atoms with Crippen LogP contribution in [-0.4, -0.2) is 0 Å². The van der Waals surface area contributed by atoms with Crippen molar-refractivity contribution in [2.45, 2.75) is 45.4 Å². The van der Waals surface area contributed by atoms with Crippen molar-refractivity contribution in [3.8, 4) is 22.3 Å². The quantitative estimate of drug-likeness (QED) is 0.185. The van der Waals surface area contributed by atoms with Gasteiger partial charge in [0.05, 0.1) is 11.4 Å². The van der Waals surface area contributed by atoms with E-state index in [1.54, 1.807) is 0 Å². The minimum Gasteiger partial charge on any atom is -0.454 e. The highest BCUT2D eigenvalue weighted by Crippen LogP contribution is 2.59. The Morgan fingerprint density at radius 3 is 1.81 bits per heavy atom. The minimum atomic E-state index is -0.236. The molecule has 8 aromatic carbocycles. The Morgan fingerprint density at radius 1 is 0.453 bits per heavy atom. The van der Waals surface area contributed by atoms with Crippen LogP contribution >= 0.6 is 0 Å². The Morgan fingerprint density at radius 2 is 1.06 bits per heavy atom. The molecule has 0 fully saturated rings. The summed E-state index contributed by atoms with van der Waals surface area (Å²) in [7, 11) is 0. The van der Waals surface area contributed by atoms with E-state index in [9.17, 15) is 0 Å². The van der Waals surface area contributed by atoms with Crippen LogP contribution in [0.5, 0.6) is 0 Å². The summed E-state index contributed by atoms with van der Waals surface area (Å²) < 4.78 is 6.71. The van der Waals surface area contributed by atoms with E-state index in [1.165, 1.54) is 71.6 Å². The number of furan rings is 1. The second kappa shape index (κ2) is 10.5. The van der Waals surface area contributed by atoms with E-state index in [4.69, 9.17) is 4.42 Å². The van der Waals surface area contributed by atoms with Gasteiger partial charge in [0, 0.05) is 32.7 Å². The smallest absolute Gasteiger partial charge is 0.159 e. The number of aryl methyl sites for hydroxylation is 1. The van der Waals surface area contributed by atoms with Gasteiger partial charge in [0.2, 0.25) is 0 Å². The van der Waals surface area contributed by atoms with E-state index in [0.29, 0.717) is 0 Å². The number of para-hydroxylation sites is 2. The molecule has 2 heteroatoms. The van der Waals surface area contributed by atoms with Crippen molar-refractivity contribution in [2.24, 2.45) is 0 Å². The average molecular weight is 682 g/mol. The van der Waals surface area contributed by atoms with E-state index in [2.05, 4.69) is 179 Å². The predicted octanol–water partition coefficient (Wildman–Crippen LogP) is 14.3. The molecule has 2 nitrogen and oxygen atoms in total. The van der Waals surface area contributed by atoms with E-state index in [1.807, 2.05) is 6.07 Å². The molecule has 0 amide bonds. The molecule has 0 atom stereocenters. The molecular weight excluding hydrogens is 643 g/mol. The first-order valence-corrected chi connectivity index (χ1v) is 18.8. The third-order valence-corrected chi connectivity index (χ3v) is 12.5. The summed E-state index contributed by atoms with van der Waals surface area (Å²) in [5, 5.41) is 7.39. The zero-order valence-corrected chi connectivity index (χ0v) is 30.7. The molecular formula is C51H39NO. The lowest BCUT2D eigenvalue weighted by molar-refractivity contribution is 0.652. The summed E-state index contributed by atoms with van der Waals surface area (Å²) in [5.74, 6) is 0. The fourth-order valence-corrected chi connectivity index (χ4v) is 9.75. The molecule has 0 spiro atoms. The molecule has 2 aliphatic carbocycles. The fraction of sp³-hybridized carbons (Fsp3) is 0.137. The lowest BCUT2D eigenvalue weighted by atomic mass is 9.79. The van der Waals surface area contributed by atoms with Crippen LogP contribution in [-0.2, 0) is 10.8 Å². The zero-order valence-electron chi connectivity index (χ0n) is 30.7. The van der Waals surface area contributed by atoms with Crippen LogP contribution in [0.2, 0.25) is 0 Å². The molecule has 0 radical (unpaired) electrons. The first-order valence-electron chi connectivity index (χ1n) is 18.8. The van der Waals surface area contributed by atoms with Gasteiger partial charge in [-0.3, -0.25) is 0 Å². The summed E-state index contributed by atoms with van der Waals surface area (Å²) in [6, 6.07) is 54.0. The predicted molar refractivity (Wildman–Crippen MR) is 223 cm³/mol. The molecule has 0 aliphatic heterocycles. The Balaban J connectivity index is 1.20. The first kappa shape index (κ1) is 30.5. The van der Waals surface area contributed by atoms with E-state index in [-0.39, 0.29) is 10.8 Å². The molecule has 2 aliphatic rings. The van der Waals surface area contributed by atoms with Gasteiger partial charge in [-0.05, 0) is 110 Å². The van der Waals surface area contributed by atoms with Crippen molar-refractivity contribution in [1.82, 2.24) is 0 Å². The molecule has 9 aromatic rings. The fourth-order valence-electron chi connectivity index (χ4n) is 9.75. The summed E-state index contributed by atoms with van der Waals surface area (Å²) in [4.78, 5) is 2.43. The van der Waals surface area contributed by atoms with Crippen molar-refractivity contribution < 1.29 is 4.42 Å². The topological polar surface area (TPSA) is 16.4 Å². The van der Waals surface area contributed by atoms with E-state index < -0.39 is 0 Å². The Labute approximate surface area is 309 Å². The second-order valence-electron chi connectivity index (χ2n) is 16.2. The molecule has 0 saturated carbocycles. The Bertz CT molecular complexity index is 3010.